The van der Waals surface area contributed by atoms with Crippen LogP contribution in [-0.2, 0) is 4.74 Å². The lowest BCUT2D eigenvalue weighted by Crippen LogP contribution is -2.30. The molecule has 1 N–H and O–H groups in total. The van der Waals surface area contributed by atoms with E-state index in [0.717, 1.165) is 18.5 Å². The predicted octanol–water partition coefficient (Wildman–Crippen LogP) is 2.94. The van der Waals surface area contributed by atoms with Crippen LogP contribution in [0.2, 0.25) is 5.02 Å². The topological polar surface area (TPSA) is 45.0 Å². The Hall–Kier alpha value is -1.24. The minimum atomic E-state index is 0.342. The highest BCUT2D eigenvalue weighted by atomic mass is 35.5. The van der Waals surface area contributed by atoms with Gasteiger partial charge in [0.25, 0.3) is 0 Å². The molecule has 3 nitrogen and oxygen atoms in total. The minimum Gasteiger partial charge on any atom is -0.380 e. The maximum absolute atomic E-state index is 8.80. The average Bonchev–Trinajstić information content (AvgIpc) is 2.91. The molecule has 3 unspecified atom stereocenters. The molecule has 2 bridgehead atoms. The standard InChI is InChI=1S/C13H13ClN2O/c14-11-5-9(2-1-8(11)7-15)16-12-6-10-3-4-13(12)17-10/h1-2,5,10,12-13,16H,3-4,6H2. The number of fused-ring (bicyclic) bond motifs is 2. The number of nitriles is 1. The Morgan fingerprint density at radius 3 is 2.88 bits per heavy atom. The van der Waals surface area contributed by atoms with E-state index in [2.05, 4.69) is 11.4 Å². The van der Waals surface area contributed by atoms with Crippen LogP contribution in [0.15, 0.2) is 18.2 Å². The molecule has 2 fully saturated rings. The summed E-state index contributed by atoms with van der Waals surface area (Å²) < 4.78 is 5.78. The zero-order valence-corrected chi connectivity index (χ0v) is 10.1. The van der Waals surface area contributed by atoms with E-state index < -0.39 is 0 Å². The smallest absolute Gasteiger partial charge is 0.101 e. The first kappa shape index (κ1) is 10.9. The molecule has 2 aliphatic rings. The number of rotatable bonds is 2. The second kappa shape index (κ2) is 4.21. The van der Waals surface area contributed by atoms with Crippen molar-refractivity contribution in [1.29, 1.82) is 5.26 Å². The van der Waals surface area contributed by atoms with E-state index in [0.29, 0.717) is 28.8 Å². The highest BCUT2D eigenvalue weighted by Crippen LogP contribution is 2.36. The van der Waals surface area contributed by atoms with Gasteiger partial charge in [-0.2, -0.15) is 5.26 Å². The van der Waals surface area contributed by atoms with Crippen molar-refractivity contribution in [1.82, 2.24) is 0 Å². The molecule has 2 aliphatic heterocycles. The van der Waals surface area contributed by atoms with Crippen molar-refractivity contribution in [3.8, 4) is 6.07 Å². The van der Waals surface area contributed by atoms with Crippen molar-refractivity contribution in [2.24, 2.45) is 0 Å². The number of halogens is 1. The Bertz CT molecular complexity index is 483. The molecular formula is C13H13ClN2O. The lowest BCUT2D eigenvalue weighted by molar-refractivity contribution is 0.102. The lowest BCUT2D eigenvalue weighted by Gasteiger charge is -2.21. The zero-order valence-electron chi connectivity index (χ0n) is 9.32. The van der Waals surface area contributed by atoms with Crippen molar-refractivity contribution < 1.29 is 4.74 Å². The van der Waals surface area contributed by atoms with Crippen molar-refractivity contribution in [2.75, 3.05) is 5.32 Å². The molecule has 0 aliphatic carbocycles. The van der Waals surface area contributed by atoms with E-state index in [-0.39, 0.29) is 0 Å². The van der Waals surface area contributed by atoms with E-state index in [1.165, 1.54) is 6.42 Å². The molecule has 0 saturated carbocycles. The number of hydrogen-bond acceptors (Lipinski definition) is 3. The second-order valence-corrected chi connectivity index (χ2v) is 5.07. The van der Waals surface area contributed by atoms with Crippen LogP contribution in [0.25, 0.3) is 0 Å². The van der Waals surface area contributed by atoms with Crippen molar-refractivity contribution in [3.05, 3.63) is 28.8 Å². The Labute approximate surface area is 105 Å². The number of ether oxygens (including phenoxy) is 1. The van der Waals surface area contributed by atoms with Crippen LogP contribution in [0.1, 0.15) is 24.8 Å². The fourth-order valence-corrected chi connectivity index (χ4v) is 2.92. The van der Waals surface area contributed by atoms with E-state index in [9.17, 15) is 0 Å². The minimum absolute atomic E-state index is 0.342. The predicted molar refractivity (Wildman–Crippen MR) is 66.1 cm³/mol. The van der Waals surface area contributed by atoms with Gasteiger partial charge < -0.3 is 10.1 Å². The maximum atomic E-state index is 8.80. The van der Waals surface area contributed by atoms with E-state index >= 15 is 0 Å². The SMILES string of the molecule is N#Cc1ccc(NC2CC3CCC2O3)cc1Cl. The molecule has 0 aromatic heterocycles. The Morgan fingerprint density at radius 2 is 2.29 bits per heavy atom. The summed E-state index contributed by atoms with van der Waals surface area (Å²) in [5.74, 6) is 0. The van der Waals surface area contributed by atoms with Crippen molar-refractivity contribution in [2.45, 2.75) is 37.5 Å². The van der Waals surface area contributed by atoms with Gasteiger partial charge in [-0.15, -0.1) is 0 Å². The summed E-state index contributed by atoms with van der Waals surface area (Å²) in [6.07, 6.45) is 4.19. The number of nitrogens with zero attached hydrogens (tertiary/aromatic N) is 1. The average molecular weight is 249 g/mol. The maximum Gasteiger partial charge on any atom is 0.101 e. The summed E-state index contributed by atoms with van der Waals surface area (Å²) >= 11 is 6.00. The highest BCUT2D eigenvalue weighted by Gasteiger charge is 2.40. The van der Waals surface area contributed by atoms with Gasteiger partial charge in [0.2, 0.25) is 0 Å². The van der Waals surface area contributed by atoms with E-state index in [1.807, 2.05) is 12.1 Å². The second-order valence-electron chi connectivity index (χ2n) is 4.67. The summed E-state index contributed by atoms with van der Waals surface area (Å²) in [5.41, 5.74) is 1.48. The van der Waals surface area contributed by atoms with Gasteiger partial charge in [0.1, 0.15) is 6.07 Å². The molecule has 3 rings (SSSR count). The monoisotopic (exact) mass is 248 g/mol. The van der Waals surface area contributed by atoms with Gasteiger partial charge in [-0.1, -0.05) is 11.6 Å². The molecule has 0 spiro atoms. The molecular weight excluding hydrogens is 236 g/mol. The molecule has 0 amide bonds. The molecule has 4 heteroatoms. The van der Waals surface area contributed by atoms with Crippen LogP contribution in [0.4, 0.5) is 5.69 Å². The summed E-state index contributed by atoms with van der Waals surface area (Å²) in [6, 6.07) is 7.91. The first-order chi connectivity index (χ1) is 8.26. The van der Waals surface area contributed by atoms with Gasteiger partial charge in [0, 0.05) is 5.69 Å². The highest BCUT2D eigenvalue weighted by molar-refractivity contribution is 6.32. The summed E-state index contributed by atoms with van der Waals surface area (Å²) in [5, 5.41) is 12.8. The number of anilines is 1. The third-order valence-corrected chi connectivity index (χ3v) is 3.86. The number of hydrogen-bond donors (Lipinski definition) is 1. The molecule has 1 aromatic carbocycles. The van der Waals surface area contributed by atoms with E-state index in [1.54, 1.807) is 6.07 Å². The van der Waals surface area contributed by atoms with Crippen LogP contribution in [0, 0.1) is 11.3 Å². The van der Waals surface area contributed by atoms with Crippen LogP contribution < -0.4 is 5.32 Å². The van der Waals surface area contributed by atoms with Gasteiger partial charge >= 0.3 is 0 Å². The largest absolute Gasteiger partial charge is 0.380 e. The van der Waals surface area contributed by atoms with Gasteiger partial charge in [-0.3, -0.25) is 0 Å². The normalized spacial score (nSPS) is 30.2. The molecule has 0 radical (unpaired) electrons. The Morgan fingerprint density at radius 1 is 1.41 bits per heavy atom. The molecule has 17 heavy (non-hydrogen) atoms. The molecule has 88 valence electrons. The van der Waals surface area contributed by atoms with Crippen molar-refractivity contribution >= 4 is 17.3 Å². The van der Waals surface area contributed by atoms with Crippen LogP contribution in [0.5, 0.6) is 0 Å². The fraction of sp³-hybridized carbons (Fsp3) is 0.462. The van der Waals surface area contributed by atoms with Gasteiger partial charge in [-0.05, 0) is 37.5 Å². The van der Waals surface area contributed by atoms with Crippen LogP contribution in [-0.4, -0.2) is 18.2 Å². The van der Waals surface area contributed by atoms with Gasteiger partial charge in [0.15, 0.2) is 0 Å². The van der Waals surface area contributed by atoms with Crippen LogP contribution >= 0.6 is 11.6 Å². The van der Waals surface area contributed by atoms with Gasteiger partial charge in [-0.25, -0.2) is 0 Å². The summed E-state index contributed by atoms with van der Waals surface area (Å²) in [6.45, 7) is 0. The van der Waals surface area contributed by atoms with E-state index in [4.69, 9.17) is 21.6 Å². The molecule has 3 atom stereocenters. The Balaban J connectivity index is 1.74. The number of nitrogens with one attached hydrogen (secondary N) is 1. The fourth-order valence-electron chi connectivity index (χ4n) is 2.70. The quantitative estimate of drug-likeness (QED) is 0.875. The molecule has 2 saturated heterocycles. The van der Waals surface area contributed by atoms with Crippen molar-refractivity contribution in [3.63, 3.8) is 0 Å². The Kier molecular flexibility index (Phi) is 2.70. The number of benzene rings is 1. The first-order valence-corrected chi connectivity index (χ1v) is 6.25. The lowest BCUT2D eigenvalue weighted by atomic mass is 9.95. The van der Waals surface area contributed by atoms with Gasteiger partial charge in [0.05, 0.1) is 28.8 Å². The third-order valence-electron chi connectivity index (χ3n) is 3.55. The first-order valence-electron chi connectivity index (χ1n) is 5.88. The third kappa shape index (κ3) is 1.99. The summed E-state index contributed by atoms with van der Waals surface area (Å²) in [7, 11) is 0. The molecule has 2 heterocycles. The molecule has 1 aromatic rings. The van der Waals surface area contributed by atoms with Crippen LogP contribution in [0.3, 0.4) is 0 Å². The zero-order chi connectivity index (χ0) is 11.8. The summed E-state index contributed by atoms with van der Waals surface area (Å²) in [4.78, 5) is 0.